The molecule has 0 unspecified atom stereocenters. The third-order valence-electron chi connectivity index (χ3n) is 0.631. The highest BCUT2D eigenvalue weighted by Gasteiger charge is 1.85. The monoisotopic (exact) mass is 112 g/mol. The number of hydrogen-bond acceptors (Lipinski definition) is 0. The second-order valence-corrected chi connectivity index (χ2v) is 2.45. The van der Waals surface area contributed by atoms with Gasteiger partial charge in [0.15, 0.2) is 0 Å². The highest BCUT2D eigenvalue weighted by atomic mass is 14.9. The molecular weight excluding hydrogens is 98.1 g/mol. The van der Waals surface area contributed by atoms with Crippen molar-refractivity contribution >= 4 is 0 Å². The van der Waals surface area contributed by atoms with Gasteiger partial charge in [-0.3, -0.25) is 5.32 Å². The van der Waals surface area contributed by atoms with E-state index in [4.69, 9.17) is 0 Å². The van der Waals surface area contributed by atoms with Crippen molar-refractivity contribution in [2.75, 3.05) is 0 Å². The molecule has 0 aliphatic heterocycles. The van der Waals surface area contributed by atoms with E-state index in [9.17, 15) is 0 Å². The first-order chi connectivity index (χ1) is 3.63. The maximum atomic E-state index is 4.16. The fourth-order valence-electron chi connectivity index (χ4n) is 0.298. The van der Waals surface area contributed by atoms with Crippen LogP contribution in [0.15, 0.2) is 11.8 Å². The highest BCUT2D eigenvalue weighted by molar-refractivity contribution is 4.91. The van der Waals surface area contributed by atoms with Crippen LogP contribution in [0.5, 0.6) is 0 Å². The van der Waals surface area contributed by atoms with E-state index >= 15 is 0 Å². The first kappa shape index (κ1) is 7.54. The van der Waals surface area contributed by atoms with Crippen molar-refractivity contribution in [2.24, 2.45) is 0 Å². The maximum Gasteiger partial charge on any atom is 0.0443 e. The minimum atomic E-state index is 0.435. The van der Waals surface area contributed by atoms with Crippen LogP contribution in [0.3, 0.4) is 0 Å². The van der Waals surface area contributed by atoms with Gasteiger partial charge in [-0.2, -0.15) is 0 Å². The standard InChI is InChI=1S/C7H14N/c1-6(2)5-8-7(3)4/h5,7H,1-4H3. The van der Waals surface area contributed by atoms with E-state index in [-0.39, 0.29) is 0 Å². The molecule has 8 heavy (non-hydrogen) atoms. The third kappa shape index (κ3) is 5.54. The van der Waals surface area contributed by atoms with Gasteiger partial charge in [0.05, 0.1) is 0 Å². The molecule has 0 aliphatic rings. The van der Waals surface area contributed by atoms with Gasteiger partial charge in [-0.25, -0.2) is 0 Å². The molecule has 0 aliphatic carbocycles. The summed E-state index contributed by atoms with van der Waals surface area (Å²) in [5, 5.41) is 4.16. The highest BCUT2D eigenvalue weighted by Crippen LogP contribution is 1.87. The maximum absolute atomic E-state index is 4.16. The Morgan fingerprint density at radius 1 is 1.38 bits per heavy atom. The van der Waals surface area contributed by atoms with Crippen molar-refractivity contribution in [1.29, 1.82) is 0 Å². The van der Waals surface area contributed by atoms with E-state index < -0.39 is 0 Å². The molecule has 0 aromatic carbocycles. The van der Waals surface area contributed by atoms with Crippen LogP contribution >= 0.6 is 0 Å². The zero-order valence-electron chi connectivity index (χ0n) is 6.10. The van der Waals surface area contributed by atoms with Gasteiger partial charge >= 0.3 is 0 Å². The van der Waals surface area contributed by atoms with E-state index in [1.807, 2.05) is 20.0 Å². The largest absolute Gasteiger partial charge is 0.291 e. The molecule has 47 valence electrons. The molecule has 0 saturated heterocycles. The van der Waals surface area contributed by atoms with Crippen LogP contribution in [0.2, 0.25) is 0 Å². The summed E-state index contributed by atoms with van der Waals surface area (Å²) < 4.78 is 0. The minimum absolute atomic E-state index is 0.435. The van der Waals surface area contributed by atoms with Crippen LogP contribution in [0.25, 0.3) is 0 Å². The summed E-state index contributed by atoms with van der Waals surface area (Å²) in [7, 11) is 0. The second-order valence-electron chi connectivity index (χ2n) is 2.45. The van der Waals surface area contributed by atoms with Crippen molar-refractivity contribution < 1.29 is 0 Å². The summed E-state index contributed by atoms with van der Waals surface area (Å²) in [6.07, 6.45) is 1.91. The van der Waals surface area contributed by atoms with Gasteiger partial charge in [-0.15, -0.1) is 0 Å². The second kappa shape index (κ2) is 3.53. The first-order valence-electron chi connectivity index (χ1n) is 2.96. The first-order valence-corrected chi connectivity index (χ1v) is 2.96. The van der Waals surface area contributed by atoms with E-state index in [0.29, 0.717) is 6.04 Å². The van der Waals surface area contributed by atoms with Crippen LogP contribution in [-0.2, 0) is 0 Å². The Kier molecular flexibility index (Phi) is 3.33. The molecule has 1 nitrogen and oxygen atoms in total. The van der Waals surface area contributed by atoms with E-state index in [1.54, 1.807) is 0 Å². The fourth-order valence-corrected chi connectivity index (χ4v) is 0.298. The molecule has 0 heterocycles. The van der Waals surface area contributed by atoms with Gasteiger partial charge in [0, 0.05) is 12.2 Å². The topological polar surface area (TPSA) is 14.1 Å². The predicted octanol–water partition coefficient (Wildman–Crippen LogP) is 1.92. The normalized spacial score (nSPS) is 9.12. The third-order valence-corrected chi connectivity index (χ3v) is 0.631. The fraction of sp³-hybridized carbons (Fsp3) is 0.714. The quantitative estimate of drug-likeness (QED) is 0.518. The Balaban J connectivity index is 3.29. The Morgan fingerprint density at radius 3 is 2.00 bits per heavy atom. The van der Waals surface area contributed by atoms with Gasteiger partial charge in [0.25, 0.3) is 0 Å². The molecule has 0 bridgehead atoms. The summed E-state index contributed by atoms with van der Waals surface area (Å²) >= 11 is 0. The molecule has 0 aromatic rings. The lowest BCUT2D eigenvalue weighted by Crippen LogP contribution is -2.07. The summed E-state index contributed by atoms with van der Waals surface area (Å²) in [5.41, 5.74) is 1.26. The van der Waals surface area contributed by atoms with E-state index in [2.05, 4.69) is 19.2 Å². The van der Waals surface area contributed by atoms with Crippen LogP contribution in [-0.4, -0.2) is 6.04 Å². The van der Waals surface area contributed by atoms with E-state index in [1.165, 1.54) is 5.57 Å². The number of hydrogen-bond donors (Lipinski definition) is 0. The molecule has 0 amide bonds. The molecule has 0 fully saturated rings. The van der Waals surface area contributed by atoms with Crippen molar-refractivity contribution in [3.8, 4) is 0 Å². The molecule has 0 saturated carbocycles. The zero-order chi connectivity index (χ0) is 6.57. The Morgan fingerprint density at radius 2 is 1.88 bits per heavy atom. The van der Waals surface area contributed by atoms with Crippen LogP contribution < -0.4 is 5.32 Å². The van der Waals surface area contributed by atoms with Gasteiger partial charge in [0.2, 0.25) is 0 Å². The summed E-state index contributed by atoms with van der Waals surface area (Å²) in [5.74, 6) is 0. The van der Waals surface area contributed by atoms with Crippen molar-refractivity contribution in [2.45, 2.75) is 33.7 Å². The number of nitrogens with zero attached hydrogens (tertiary/aromatic N) is 1. The molecule has 0 spiro atoms. The van der Waals surface area contributed by atoms with Crippen LogP contribution in [0, 0.1) is 0 Å². The Hall–Kier alpha value is -0.460. The van der Waals surface area contributed by atoms with Crippen molar-refractivity contribution in [3.05, 3.63) is 11.8 Å². The molecule has 0 atom stereocenters. The smallest absolute Gasteiger partial charge is 0.0443 e. The summed E-state index contributed by atoms with van der Waals surface area (Å²) in [6.45, 7) is 8.23. The molecule has 0 aromatic heterocycles. The Bertz CT molecular complexity index is 78.4. The molecule has 1 heteroatoms. The molecular formula is C7H14N. The lowest BCUT2D eigenvalue weighted by atomic mass is 10.3. The van der Waals surface area contributed by atoms with Crippen LogP contribution in [0.1, 0.15) is 27.7 Å². The lowest BCUT2D eigenvalue weighted by Gasteiger charge is -1.98. The molecule has 0 N–H and O–H groups in total. The average molecular weight is 112 g/mol. The van der Waals surface area contributed by atoms with Gasteiger partial charge < -0.3 is 0 Å². The average Bonchev–Trinajstić information content (AvgIpc) is 1.61. The molecule has 1 radical (unpaired) electrons. The van der Waals surface area contributed by atoms with Crippen molar-refractivity contribution in [3.63, 3.8) is 0 Å². The van der Waals surface area contributed by atoms with Gasteiger partial charge in [-0.1, -0.05) is 5.57 Å². The lowest BCUT2D eigenvalue weighted by molar-refractivity contribution is 0.685. The van der Waals surface area contributed by atoms with Gasteiger partial charge in [0.1, 0.15) is 0 Å². The summed E-state index contributed by atoms with van der Waals surface area (Å²) in [6, 6.07) is 0.435. The van der Waals surface area contributed by atoms with Crippen molar-refractivity contribution in [1.82, 2.24) is 5.32 Å². The summed E-state index contributed by atoms with van der Waals surface area (Å²) in [4.78, 5) is 0. The van der Waals surface area contributed by atoms with Crippen LogP contribution in [0.4, 0.5) is 0 Å². The SMILES string of the molecule is CC(C)=C[N]C(C)C. The predicted molar refractivity (Wildman–Crippen MR) is 36.7 cm³/mol. The number of rotatable bonds is 2. The Labute approximate surface area is 51.8 Å². The van der Waals surface area contributed by atoms with Gasteiger partial charge in [-0.05, 0) is 27.7 Å². The zero-order valence-corrected chi connectivity index (χ0v) is 6.10. The molecule has 0 rings (SSSR count). The number of allylic oxidation sites excluding steroid dienone is 1. The van der Waals surface area contributed by atoms with E-state index in [0.717, 1.165) is 0 Å². The minimum Gasteiger partial charge on any atom is -0.291 e.